The molecule has 0 aromatic heterocycles. The molecule has 0 spiro atoms. The van der Waals surface area contributed by atoms with Gasteiger partial charge in [0.1, 0.15) is 18.0 Å². The summed E-state index contributed by atoms with van der Waals surface area (Å²) in [5, 5.41) is 15.9. The van der Waals surface area contributed by atoms with Crippen LogP contribution in [-0.4, -0.2) is 45.0 Å². The number of guanidine groups is 1. The Labute approximate surface area is 131 Å². The Morgan fingerprint density at radius 2 is 2.22 bits per heavy atom. The van der Waals surface area contributed by atoms with Gasteiger partial charge in [0.2, 0.25) is 0 Å². The van der Waals surface area contributed by atoms with E-state index in [4.69, 9.17) is 0 Å². The first kappa shape index (κ1) is 15.3. The predicted molar refractivity (Wildman–Crippen MR) is 79.6 cm³/mol. The molecule has 3 rings (SSSR count). The van der Waals surface area contributed by atoms with Crippen molar-refractivity contribution in [3.63, 3.8) is 0 Å². The number of aliphatic imine (C=N–C) groups is 1. The lowest BCUT2D eigenvalue weighted by molar-refractivity contribution is -0.117. The second kappa shape index (κ2) is 5.57. The molecular weight excluding hydrogens is 329 g/mol. The standard InChI is InChI=1S/C12H14FN5O4S/c13-8-3-7(5-16-12-14-1-2-15-12)4-9(19)11(8)18-6-10(20)17-23(18,21)22/h3-4,19H,1-2,5-6H2,(H,17,20)(H2,14,15,16). The molecule has 0 saturated carbocycles. The van der Waals surface area contributed by atoms with Crippen LogP contribution in [-0.2, 0) is 21.5 Å². The molecule has 4 N–H and O–H groups in total. The van der Waals surface area contributed by atoms with Crippen LogP contribution < -0.4 is 19.7 Å². The molecule has 1 amide bonds. The van der Waals surface area contributed by atoms with Crippen LogP contribution in [0.15, 0.2) is 17.1 Å². The van der Waals surface area contributed by atoms with Crippen molar-refractivity contribution >= 4 is 27.8 Å². The number of anilines is 1. The molecule has 124 valence electrons. The molecule has 0 unspecified atom stereocenters. The Kier molecular flexibility index (Phi) is 3.72. The zero-order valence-electron chi connectivity index (χ0n) is 11.8. The third-order valence-electron chi connectivity index (χ3n) is 3.31. The third-order valence-corrected chi connectivity index (χ3v) is 4.68. The van der Waals surface area contributed by atoms with Gasteiger partial charge in [-0.25, -0.2) is 13.4 Å². The molecule has 0 atom stereocenters. The van der Waals surface area contributed by atoms with Gasteiger partial charge < -0.3 is 15.7 Å². The van der Waals surface area contributed by atoms with E-state index in [0.717, 1.165) is 6.07 Å². The van der Waals surface area contributed by atoms with Crippen LogP contribution in [0.4, 0.5) is 10.1 Å². The predicted octanol–water partition coefficient (Wildman–Crippen LogP) is -1.24. The van der Waals surface area contributed by atoms with Crippen LogP contribution in [0.25, 0.3) is 0 Å². The molecule has 0 bridgehead atoms. The second-order valence-corrected chi connectivity index (χ2v) is 6.59. The van der Waals surface area contributed by atoms with E-state index in [1.165, 1.54) is 6.07 Å². The number of halogens is 1. The summed E-state index contributed by atoms with van der Waals surface area (Å²) in [6.07, 6.45) is 0. The van der Waals surface area contributed by atoms with Crippen molar-refractivity contribution in [2.75, 3.05) is 23.9 Å². The highest BCUT2D eigenvalue weighted by Crippen LogP contribution is 2.34. The van der Waals surface area contributed by atoms with Crippen LogP contribution in [0, 0.1) is 5.82 Å². The van der Waals surface area contributed by atoms with Crippen LogP contribution in [0.3, 0.4) is 0 Å². The number of phenols is 1. The number of rotatable bonds is 3. The van der Waals surface area contributed by atoms with E-state index in [2.05, 4.69) is 15.6 Å². The smallest absolute Gasteiger partial charge is 0.326 e. The molecule has 1 fully saturated rings. The minimum atomic E-state index is -4.18. The fraction of sp³-hybridized carbons (Fsp3) is 0.333. The molecule has 0 radical (unpaired) electrons. The van der Waals surface area contributed by atoms with Crippen molar-refractivity contribution < 1.29 is 22.7 Å². The van der Waals surface area contributed by atoms with E-state index in [1.54, 1.807) is 4.72 Å². The maximum atomic E-state index is 14.3. The highest BCUT2D eigenvalue weighted by molar-refractivity contribution is 7.92. The maximum absolute atomic E-state index is 14.3. The van der Waals surface area contributed by atoms with E-state index in [0.29, 0.717) is 28.9 Å². The van der Waals surface area contributed by atoms with Crippen molar-refractivity contribution in [3.05, 3.63) is 23.5 Å². The van der Waals surface area contributed by atoms with Gasteiger partial charge >= 0.3 is 10.2 Å². The van der Waals surface area contributed by atoms with Gasteiger partial charge in [-0.3, -0.25) is 9.79 Å². The largest absolute Gasteiger partial charge is 0.506 e. The number of carbonyl (C=O) groups excluding carboxylic acids is 1. The number of nitrogens with zero attached hydrogens (tertiary/aromatic N) is 2. The molecule has 2 aliphatic rings. The Hall–Kier alpha value is -2.56. The number of phenolic OH excluding ortho intramolecular Hbond substituents is 1. The Morgan fingerprint density at radius 3 is 2.78 bits per heavy atom. The highest BCUT2D eigenvalue weighted by Gasteiger charge is 2.37. The average Bonchev–Trinajstić information content (AvgIpc) is 3.04. The molecule has 1 saturated heterocycles. The van der Waals surface area contributed by atoms with Gasteiger partial charge in [-0.05, 0) is 17.7 Å². The molecule has 23 heavy (non-hydrogen) atoms. The van der Waals surface area contributed by atoms with Crippen molar-refractivity contribution in [2.24, 2.45) is 4.99 Å². The summed E-state index contributed by atoms with van der Waals surface area (Å²) in [7, 11) is -4.18. The Bertz CT molecular complexity index is 772. The summed E-state index contributed by atoms with van der Waals surface area (Å²) < 4.78 is 40.0. The lowest BCUT2D eigenvalue weighted by atomic mass is 10.1. The van der Waals surface area contributed by atoms with Crippen LogP contribution in [0.5, 0.6) is 5.75 Å². The van der Waals surface area contributed by atoms with E-state index in [9.17, 15) is 22.7 Å². The summed E-state index contributed by atoms with van der Waals surface area (Å²) in [6.45, 7) is 0.981. The quantitative estimate of drug-likeness (QED) is 0.544. The average molecular weight is 343 g/mol. The van der Waals surface area contributed by atoms with E-state index in [1.807, 2.05) is 0 Å². The van der Waals surface area contributed by atoms with E-state index < -0.39 is 39.9 Å². The molecule has 0 aliphatic carbocycles. The fourth-order valence-electron chi connectivity index (χ4n) is 2.34. The van der Waals surface area contributed by atoms with E-state index >= 15 is 0 Å². The zero-order chi connectivity index (χ0) is 16.6. The SMILES string of the molecule is O=C1CN(c2c(O)cc(CNC3=NCCN3)cc2F)S(=O)(=O)N1. The first-order valence-corrected chi connectivity index (χ1v) is 8.18. The minimum Gasteiger partial charge on any atom is -0.506 e. The highest BCUT2D eigenvalue weighted by atomic mass is 32.2. The lowest BCUT2D eigenvalue weighted by Gasteiger charge is -2.18. The molecular formula is C12H14FN5O4S. The first-order chi connectivity index (χ1) is 10.9. The minimum absolute atomic E-state index is 0.195. The Balaban J connectivity index is 1.84. The number of hydrogen-bond acceptors (Lipinski definition) is 7. The van der Waals surface area contributed by atoms with Gasteiger partial charge in [-0.15, -0.1) is 0 Å². The summed E-state index contributed by atoms with van der Waals surface area (Å²) in [5.74, 6) is -1.72. The molecule has 9 nitrogen and oxygen atoms in total. The van der Waals surface area contributed by atoms with Crippen LogP contribution >= 0.6 is 0 Å². The van der Waals surface area contributed by atoms with Crippen LogP contribution in [0.1, 0.15) is 5.56 Å². The number of hydrogen-bond donors (Lipinski definition) is 4. The number of nitrogens with one attached hydrogen (secondary N) is 3. The normalized spacial score (nSPS) is 19.3. The van der Waals surface area contributed by atoms with Crippen LogP contribution in [0.2, 0.25) is 0 Å². The monoisotopic (exact) mass is 343 g/mol. The van der Waals surface area contributed by atoms with Crippen molar-refractivity contribution in [1.29, 1.82) is 0 Å². The van der Waals surface area contributed by atoms with Crippen molar-refractivity contribution in [2.45, 2.75) is 6.54 Å². The van der Waals surface area contributed by atoms with Crippen molar-refractivity contribution in [3.8, 4) is 5.75 Å². The molecule has 1 aromatic rings. The number of amides is 1. The van der Waals surface area contributed by atoms with Gasteiger partial charge in [0.15, 0.2) is 11.8 Å². The molecule has 11 heteroatoms. The molecule has 2 heterocycles. The molecule has 2 aliphatic heterocycles. The maximum Gasteiger partial charge on any atom is 0.326 e. The first-order valence-electron chi connectivity index (χ1n) is 6.74. The van der Waals surface area contributed by atoms with E-state index in [-0.39, 0.29) is 6.54 Å². The third kappa shape index (κ3) is 2.99. The summed E-state index contributed by atoms with van der Waals surface area (Å²) >= 11 is 0. The van der Waals surface area contributed by atoms with Gasteiger partial charge in [-0.1, -0.05) is 0 Å². The summed E-state index contributed by atoms with van der Waals surface area (Å²) in [6, 6.07) is 2.33. The van der Waals surface area contributed by atoms with Gasteiger partial charge in [0, 0.05) is 13.1 Å². The molecule has 1 aromatic carbocycles. The number of carbonyl (C=O) groups is 1. The van der Waals surface area contributed by atoms with Crippen molar-refractivity contribution in [1.82, 2.24) is 15.4 Å². The Morgan fingerprint density at radius 1 is 1.43 bits per heavy atom. The summed E-state index contributed by atoms with van der Waals surface area (Å²) in [5.41, 5.74) is -0.153. The number of aromatic hydroxyl groups is 1. The topological polar surface area (TPSA) is 123 Å². The van der Waals surface area contributed by atoms with Gasteiger partial charge in [-0.2, -0.15) is 8.42 Å². The zero-order valence-corrected chi connectivity index (χ0v) is 12.7. The van der Waals surface area contributed by atoms with Gasteiger partial charge in [0.25, 0.3) is 5.91 Å². The summed E-state index contributed by atoms with van der Waals surface area (Å²) in [4.78, 5) is 15.3. The number of benzene rings is 1. The lowest BCUT2D eigenvalue weighted by Crippen LogP contribution is -2.33. The second-order valence-electron chi connectivity index (χ2n) is 4.99. The van der Waals surface area contributed by atoms with Gasteiger partial charge in [0.05, 0.1) is 6.54 Å². The fourth-order valence-corrected chi connectivity index (χ4v) is 3.51.